The van der Waals surface area contributed by atoms with E-state index in [0.29, 0.717) is 5.82 Å². The van der Waals surface area contributed by atoms with Crippen LogP contribution in [0.3, 0.4) is 0 Å². The minimum Gasteiger partial charge on any atom is -0.382 e. The Hall–Kier alpha value is -1.58. The van der Waals surface area contributed by atoms with Crippen LogP contribution < -0.4 is 5.73 Å². The molecule has 0 atom stereocenters. The molecule has 0 unspecified atom stereocenters. The van der Waals surface area contributed by atoms with Crippen molar-refractivity contribution in [2.45, 2.75) is 6.92 Å². The van der Waals surface area contributed by atoms with Gasteiger partial charge in [0.1, 0.15) is 11.3 Å². The molecule has 0 spiro atoms. The Kier molecular flexibility index (Phi) is 1.09. The third kappa shape index (κ3) is 0.756. The third-order valence-electron chi connectivity index (χ3n) is 1.67. The SMILES string of the molecule is Cc1cnc(N)c2[nH]cnc12. The summed E-state index contributed by atoms with van der Waals surface area (Å²) in [6, 6.07) is 0. The molecule has 2 aromatic heterocycles. The summed E-state index contributed by atoms with van der Waals surface area (Å²) >= 11 is 0. The van der Waals surface area contributed by atoms with E-state index < -0.39 is 0 Å². The van der Waals surface area contributed by atoms with Crippen molar-refractivity contribution in [2.75, 3.05) is 5.73 Å². The first-order chi connectivity index (χ1) is 5.29. The lowest BCUT2D eigenvalue weighted by molar-refractivity contribution is 1.30. The highest BCUT2D eigenvalue weighted by molar-refractivity contribution is 5.86. The molecule has 0 saturated carbocycles. The number of rotatable bonds is 0. The smallest absolute Gasteiger partial charge is 0.149 e. The quantitative estimate of drug-likeness (QED) is 0.582. The van der Waals surface area contributed by atoms with Gasteiger partial charge in [-0.15, -0.1) is 0 Å². The Bertz CT molecular complexity index is 354. The van der Waals surface area contributed by atoms with Gasteiger partial charge in [0.25, 0.3) is 0 Å². The number of pyridine rings is 1. The molecule has 0 aliphatic heterocycles. The fraction of sp³-hybridized carbons (Fsp3) is 0.143. The zero-order valence-electron chi connectivity index (χ0n) is 6.13. The first kappa shape index (κ1) is 6.15. The zero-order valence-corrected chi connectivity index (χ0v) is 6.13. The number of imidazole rings is 1. The molecule has 0 saturated heterocycles. The number of fused-ring (bicyclic) bond motifs is 1. The maximum absolute atomic E-state index is 5.59. The number of aromatic nitrogens is 3. The lowest BCUT2D eigenvalue weighted by Gasteiger charge is -1.95. The molecule has 4 nitrogen and oxygen atoms in total. The van der Waals surface area contributed by atoms with Gasteiger partial charge in [0.05, 0.1) is 11.8 Å². The molecule has 2 heterocycles. The number of aromatic amines is 1. The summed E-state index contributed by atoms with van der Waals surface area (Å²) in [5, 5.41) is 0. The molecule has 0 fully saturated rings. The van der Waals surface area contributed by atoms with E-state index in [1.807, 2.05) is 6.92 Å². The van der Waals surface area contributed by atoms with Gasteiger partial charge in [-0.2, -0.15) is 0 Å². The molecule has 56 valence electrons. The van der Waals surface area contributed by atoms with Gasteiger partial charge in [0, 0.05) is 6.20 Å². The number of nitrogens with one attached hydrogen (secondary N) is 1. The van der Waals surface area contributed by atoms with Crippen molar-refractivity contribution in [3.05, 3.63) is 18.1 Å². The summed E-state index contributed by atoms with van der Waals surface area (Å²) in [5.41, 5.74) is 8.35. The summed E-state index contributed by atoms with van der Waals surface area (Å²) < 4.78 is 0. The van der Waals surface area contributed by atoms with Crippen LogP contribution in [0.25, 0.3) is 11.0 Å². The monoisotopic (exact) mass is 148 g/mol. The van der Waals surface area contributed by atoms with Gasteiger partial charge >= 0.3 is 0 Å². The van der Waals surface area contributed by atoms with Crippen molar-refractivity contribution in [3.8, 4) is 0 Å². The number of hydrogen-bond acceptors (Lipinski definition) is 3. The maximum Gasteiger partial charge on any atom is 0.149 e. The number of anilines is 1. The van der Waals surface area contributed by atoms with Crippen LogP contribution in [0.2, 0.25) is 0 Å². The van der Waals surface area contributed by atoms with Gasteiger partial charge in [0.2, 0.25) is 0 Å². The Morgan fingerprint density at radius 2 is 2.27 bits per heavy atom. The number of aryl methyl sites for hydroxylation is 1. The van der Waals surface area contributed by atoms with Crippen LogP contribution in [0.15, 0.2) is 12.5 Å². The normalized spacial score (nSPS) is 10.6. The van der Waals surface area contributed by atoms with E-state index in [1.54, 1.807) is 12.5 Å². The highest BCUT2D eigenvalue weighted by atomic mass is 14.9. The molecular formula is C7H8N4. The van der Waals surface area contributed by atoms with Crippen molar-refractivity contribution >= 4 is 16.9 Å². The number of nitrogens with two attached hydrogens (primary N) is 1. The summed E-state index contributed by atoms with van der Waals surface area (Å²) in [4.78, 5) is 11.0. The maximum atomic E-state index is 5.59. The Morgan fingerprint density at radius 1 is 1.45 bits per heavy atom. The molecule has 11 heavy (non-hydrogen) atoms. The summed E-state index contributed by atoms with van der Waals surface area (Å²) in [6.07, 6.45) is 3.34. The first-order valence-electron chi connectivity index (χ1n) is 3.33. The largest absolute Gasteiger partial charge is 0.382 e. The fourth-order valence-electron chi connectivity index (χ4n) is 1.08. The Morgan fingerprint density at radius 3 is 3.00 bits per heavy atom. The number of nitrogen functional groups attached to an aromatic ring is 1. The van der Waals surface area contributed by atoms with Crippen molar-refractivity contribution in [1.29, 1.82) is 0 Å². The highest BCUT2D eigenvalue weighted by Crippen LogP contribution is 2.16. The van der Waals surface area contributed by atoms with E-state index in [0.717, 1.165) is 16.6 Å². The van der Waals surface area contributed by atoms with Crippen LogP contribution in [0, 0.1) is 6.92 Å². The molecule has 4 heteroatoms. The van der Waals surface area contributed by atoms with E-state index in [2.05, 4.69) is 15.0 Å². The molecule has 0 aliphatic carbocycles. The van der Waals surface area contributed by atoms with Crippen LogP contribution in [-0.4, -0.2) is 15.0 Å². The summed E-state index contributed by atoms with van der Waals surface area (Å²) in [5.74, 6) is 0.503. The number of nitrogens with zero attached hydrogens (tertiary/aromatic N) is 2. The van der Waals surface area contributed by atoms with E-state index in [-0.39, 0.29) is 0 Å². The van der Waals surface area contributed by atoms with Gasteiger partial charge in [-0.05, 0) is 12.5 Å². The minimum atomic E-state index is 0.503. The van der Waals surface area contributed by atoms with Crippen molar-refractivity contribution < 1.29 is 0 Å². The first-order valence-corrected chi connectivity index (χ1v) is 3.33. The molecule has 0 aromatic carbocycles. The highest BCUT2D eigenvalue weighted by Gasteiger charge is 2.02. The van der Waals surface area contributed by atoms with Gasteiger partial charge in [0.15, 0.2) is 0 Å². The van der Waals surface area contributed by atoms with Crippen LogP contribution in [-0.2, 0) is 0 Å². The molecule has 2 aromatic rings. The standard InChI is InChI=1S/C7H8N4/c1-4-2-9-7(8)6-5(4)10-3-11-6/h2-3H,1H3,(H2,8,9)(H,10,11). The van der Waals surface area contributed by atoms with Crippen LogP contribution >= 0.6 is 0 Å². The minimum absolute atomic E-state index is 0.503. The van der Waals surface area contributed by atoms with Crippen molar-refractivity contribution in [1.82, 2.24) is 15.0 Å². The number of H-pyrrole nitrogens is 1. The lowest BCUT2D eigenvalue weighted by Crippen LogP contribution is -1.92. The average molecular weight is 148 g/mol. The van der Waals surface area contributed by atoms with E-state index in [4.69, 9.17) is 5.73 Å². The lowest BCUT2D eigenvalue weighted by atomic mass is 10.2. The van der Waals surface area contributed by atoms with Gasteiger partial charge in [-0.3, -0.25) is 0 Å². The molecule has 2 rings (SSSR count). The predicted molar refractivity (Wildman–Crippen MR) is 43.0 cm³/mol. The Balaban J connectivity index is 2.96. The summed E-state index contributed by atoms with van der Waals surface area (Å²) in [6.45, 7) is 1.95. The van der Waals surface area contributed by atoms with Crippen LogP contribution in [0.4, 0.5) is 5.82 Å². The second-order valence-electron chi connectivity index (χ2n) is 2.45. The van der Waals surface area contributed by atoms with Gasteiger partial charge in [-0.25, -0.2) is 9.97 Å². The Labute approximate surface area is 63.5 Å². The molecule has 0 bridgehead atoms. The van der Waals surface area contributed by atoms with Crippen LogP contribution in [0.5, 0.6) is 0 Å². The second-order valence-corrected chi connectivity index (χ2v) is 2.45. The topological polar surface area (TPSA) is 67.6 Å². The van der Waals surface area contributed by atoms with Crippen molar-refractivity contribution in [3.63, 3.8) is 0 Å². The average Bonchev–Trinajstić information content (AvgIpc) is 2.45. The van der Waals surface area contributed by atoms with E-state index >= 15 is 0 Å². The zero-order chi connectivity index (χ0) is 7.84. The predicted octanol–water partition coefficient (Wildman–Crippen LogP) is 0.849. The summed E-state index contributed by atoms with van der Waals surface area (Å²) in [7, 11) is 0. The molecule has 0 aliphatic rings. The van der Waals surface area contributed by atoms with E-state index in [9.17, 15) is 0 Å². The molecule has 0 amide bonds. The molecule has 3 N–H and O–H groups in total. The molecular weight excluding hydrogens is 140 g/mol. The number of hydrogen-bond donors (Lipinski definition) is 2. The third-order valence-corrected chi connectivity index (χ3v) is 1.67. The fourth-order valence-corrected chi connectivity index (χ4v) is 1.08. The van der Waals surface area contributed by atoms with Gasteiger partial charge < -0.3 is 10.7 Å². The van der Waals surface area contributed by atoms with Crippen LogP contribution in [0.1, 0.15) is 5.56 Å². The van der Waals surface area contributed by atoms with E-state index in [1.165, 1.54) is 0 Å². The van der Waals surface area contributed by atoms with Gasteiger partial charge in [-0.1, -0.05) is 0 Å². The second kappa shape index (κ2) is 1.95. The molecule has 0 radical (unpaired) electrons. The van der Waals surface area contributed by atoms with Crippen molar-refractivity contribution in [2.24, 2.45) is 0 Å².